The molecule has 4 fully saturated rings. The quantitative estimate of drug-likeness (QED) is 0.244. The Morgan fingerprint density at radius 1 is 1.10 bits per heavy atom. The predicted molar refractivity (Wildman–Crippen MR) is 153 cm³/mol. The second-order valence-electron chi connectivity index (χ2n) is 14.7. The minimum absolute atomic E-state index is 0.0870. The zero-order chi connectivity index (χ0) is 28.0. The number of fused-ring (bicyclic) bond motifs is 5. The predicted octanol–water partition coefficient (Wildman–Crippen LogP) is 5.72. The molecule has 5 rings (SSSR count). The molecule has 7 nitrogen and oxygen atoms in total. The number of amides is 1. The Kier molecular flexibility index (Phi) is 8.06. The van der Waals surface area contributed by atoms with E-state index in [0.717, 1.165) is 44.4 Å². The van der Waals surface area contributed by atoms with Crippen molar-refractivity contribution in [3.05, 3.63) is 11.6 Å². The van der Waals surface area contributed by atoms with Crippen molar-refractivity contribution >= 4 is 17.6 Å². The second-order valence-corrected chi connectivity index (χ2v) is 14.7. The van der Waals surface area contributed by atoms with Crippen LogP contribution in [0.5, 0.6) is 0 Å². The first kappa shape index (κ1) is 28.8. The molecule has 218 valence electrons. The van der Waals surface area contributed by atoms with Gasteiger partial charge in [-0.3, -0.25) is 9.63 Å². The molecule has 1 unspecified atom stereocenters. The maximum absolute atomic E-state index is 13.0. The van der Waals surface area contributed by atoms with E-state index in [1.807, 2.05) is 13.0 Å². The van der Waals surface area contributed by atoms with Crippen LogP contribution in [0.4, 0.5) is 4.79 Å². The van der Waals surface area contributed by atoms with Crippen LogP contribution in [0.2, 0.25) is 0 Å². The fourth-order valence-electron chi connectivity index (χ4n) is 9.64. The van der Waals surface area contributed by atoms with Crippen molar-refractivity contribution in [1.82, 2.24) is 10.2 Å². The molecule has 1 heterocycles. The van der Waals surface area contributed by atoms with Crippen molar-refractivity contribution in [2.24, 2.45) is 45.1 Å². The van der Waals surface area contributed by atoms with Crippen LogP contribution in [0.3, 0.4) is 0 Å². The SMILES string of the molecule is C/C(=N\OC(=O)N(CCO)CCC1CC(C)(C)CN1)[C@H]1CC[C@H]2[C@@H]3CCC4=CC(=O)CC[C@]4(C)[C@H]3CC[C@]12C. The summed E-state index contributed by atoms with van der Waals surface area (Å²) in [6, 6.07) is 0.382. The van der Waals surface area contributed by atoms with Gasteiger partial charge in [0.05, 0.1) is 12.3 Å². The smallest absolute Gasteiger partial charge is 0.395 e. The zero-order valence-electron chi connectivity index (χ0n) is 24.9. The van der Waals surface area contributed by atoms with Crippen molar-refractivity contribution in [3.63, 3.8) is 0 Å². The van der Waals surface area contributed by atoms with Gasteiger partial charge in [0.1, 0.15) is 0 Å². The Morgan fingerprint density at radius 2 is 1.90 bits per heavy atom. The number of hydrogen-bond acceptors (Lipinski definition) is 6. The largest absolute Gasteiger partial charge is 0.436 e. The van der Waals surface area contributed by atoms with E-state index in [-0.39, 0.29) is 29.4 Å². The minimum atomic E-state index is -0.463. The standard InChI is InChI=1S/C32H51N3O4/c1-21(34-39-29(38)35(16-17-36)15-12-23-19-30(2,3)20-33-23)26-8-9-27-25-7-6-22-18-24(37)10-13-31(22,4)28(25)11-14-32(26,27)5/h18,23,25-28,33,36H,6-17,19-20H2,1-5H3/b34-21+/t23?,25-,26+,27-,28-,31-,32+/m0/s1. The summed E-state index contributed by atoms with van der Waals surface area (Å²) in [4.78, 5) is 32.2. The molecular formula is C32H51N3O4. The summed E-state index contributed by atoms with van der Waals surface area (Å²) >= 11 is 0. The number of allylic oxidation sites excluding steroid dienone is 1. The molecule has 3 saturated carbocycles. The summed E-state index contributed by atoms with van der Waals surface area (Å²) in [5, 5.41) is 17.5. The summed E-state index contributed by atoms with van der Waals surface area (Å²) in [5.41, 5.74) is 3.00. The van der Waals surface area contributed by atoms with Gasteiger partial charge in [0.2, 0.25) is 0 Å². The van der Waals surface area contributed by atoms with Crippen molar-refractivity contribution in [3.8, 4) is 0 Å². The van der Waals surface area contributed by atoms with Gasteiger partial charge in [-0.05, 0) is 105 Å². The second kappa shape index (κ2) is 10.9. The Hall–Kier alpha value is -1.73. The average molecular weight is 542 g/mol. The van der Waals surface area contributed by atoms with Gasteiger partial charge in [-0.15, -0.1) is 0 Å². The normalized spacial score (nSPS) is 39.4. The van der Waals surface area contributed by atoms with E-state index < -0.39 is 6.09 Å². The Morgan fingerprint density at radius 3 is 2.62 bits per heavy atom. The fourth-order valence-corrected chi connectivity index (χ4v) is 9.64. The first-order valence-corrected chi connectivity index (χ1v) is 15.6. The van der Waals surface area contributed by atoms with Crippen molar-refractivity contribution in [2.45, 2.75) is 105 Å². The van der Waals surface area contributed by atoms with E-state index in [1.165, 1.54) is 31.3 Å². The summed E-state index contributed by atoms with van der Waals surface area (Å²) < 4.78 is 0. The van der Waals surface area contributed by atoms with E-state index in [0.29, 0.717) is 48.5 Å². The van der Waals surface area contributed by atoms with Gasteiger partial charge in [-0.1, -0.05) is 38.4 Å². The van der Waals surface area contributed by atoms with Gasteiger partial charge in [0.15, 0.2) is 5.78 Å². The summed E-state index contributed by atoms with van der Waals surface area (Å²) in [5.74, 6) is 2.68. The molecule has 5 aliphatic rings. The monoisotopic (exact) mass is 541 g/mol. The third-order valence-electron chi connectivity index (χ3n) is 11.8. The van der Waals surface area contributed by atoms with Gasteiger partial charge in [-0.25, -0.2) is 4.79 Å². The number of nitrogens with one attached hydrogen (secondary N) is 1. The fraction of sp³-hybridized carbons (Fsp3) is 0.844. The molecule has 0 aromatic heterocycles. The van der Waals surface area contributed by atoms with Crippen LogP contribution in [0, 0.1) is 39.9 Å². The van der Waals surface area contributed by atoms with Crippen molar-refractivity contribution < 1.29 is 19.5 Å². The lowest BCUT2D eigenvalue weighted by atomic mass is 9.46. The number of aliphatic hydroxyl groups is 1. The molecule has 1 saturated heterocycles. The maximum atomic E-state index is 13.0. The Balaban J connectivity index is 1.21. The first-order valence-electron chi connectivity index (χ1n) is 15.6. The van der Waals surface area contributed by atoms with Crippen LogP contribution in [0.15, 0.2) is 16.8 Å². The molecule has 1 aliphatic heterocycles. The molecule has 7 heteroatoms. The van der Waals surface area contributed by atoms with Crippen molar-refractivity contribution in [2.75, 3.05) is 26.2 Å². The molecule has 7 atom stereocenters. The van der Waals surface area contributed by atoms with Crippen LogP contribution in [-0.2, 0) is 9.63 Å². The van der Waals surface area contributed by atoms with Crippen LogP contribution >= 0.6 is 0 Å². The Labute approximate surface area is 235 Å². The maximum Gasteiger partial charge on any atom is 0.436 e. The number of carbonyl (C=O) groups is 2. The third-order valence-corrected chi connectivity index (χ3v) is 11.8. The molecule has 2 N–H and O–H groups in total. The van der Waals surface area contributed by atoms with Crippen LogP contribution in [0.25, 0.3) is 0 Å². The van der Waals surface area contributed by atoms with Crippen LogP contribution in [0.1, 0.15) is 98.8 Å². The molecular weight excluding hydrogens is 490 g/mol. The number of nitrogens with zero attached hydrogens (tertiary/aromatic N) is 2. The number of carbonyl (C=O) groups excluding carboxylic acids is 2. The minimum Gasteiger partial charge on any atom is -0.395 e. The lowest BCUT2D eigenvalue weighted by molar-refractivity contribution is -0.117. The molecule has 0 aromatic carbocycles. The number of oxime groups is 1. The number of ketones is 1. The highest BCUT2D eigenvalue weighted by Crippen LogP contribution is 2.66. The summed E-state index contributed by atoms with van der Waals surface area (Å²) in [7, 11) is 0. The third kappa shape index (κ3) is 5.47. The topological polar surface area (TPSA) is 91.2 Å². The van der Waals surface area contributed by atoms with E-state index in [9.17, 15) is 14.7 Å². The van der Waals surface area contributed by atoms with Gasteiger partial charge >= 0.3 is 6.09 Å². The van der Waals surface area contributed by atoms with Gasteiger partial charge in [0, 0.05) is 38.0 Å². The summed E-state index contributed by atoms with van der Waals surface area (Å²) in [6.45, 7) is 13.2. The van der Waals surface area contributed by atoms with E-state index in [4.69, 9.17) is 4.84 Å². The molecule has 0 spiro atoms. The molecule has 0 aromatic rings. The lowest BCUT2D eigenvalue weighted by Gasteiger charge is -2.58. The molecule has 0 bridgehead atoms. The van der Waals surface area contributed by atoms with Crippen LogP contribution in [-0.4, -0.2) is 59.9 Å². The van der Waals surface area contributed by atoms with E-state index in [1.54, 1.807) is 4.90 Å². The molecule has 39 heavy (non-hydrogen) atoms. The van der Waals surface area contributed by atoms with Gasteiger partial charge < -0.3 is 15.3 Å². The lowest BCUT2D eigenvalue weighted by Crippen LogP contribution is -2.51. The highest BCUT2D eigenvalue weighted by atomic mass is 16.7. The average Bonchev–Trinajstić information content (AvgIpc) is 3.43. The summed E-state index contributed by atoms with van der Waals surface area (Å²) in [6.07, 6.45) is 12.1. The number of hydrogen-bond donors (Lipinski definition) is 2. The van der Waals surface area contributed by atoms with Crippen LogP contribution < -0.4 is 5.32 Å². The van der Waals surface area contributed by atoms with E-state index in [2.05, 4.69) is 38.2 Å². The van der Waals surface area contributed by atoms with Crippen molar-refractivity contribution in [1.29, 1.82) is 0 Å². The van der Waals surface area contributed by atoms with Gasteiger partial charge in [0.25, 0.3) is 0 Å². The molecule has 4 aliphatic carbocycles. The van der Waals surface area contributed by atoms with E-state index >= 15 is 0 Å². The van der Waals surface area contributed by atoms with Gasteiger partial charge in [-0.2, -0.15) is 0 Å². The molecule has 0 radical (unpaired) electrons. The highest BCUT2D eigenvalue weighted by Gasteiger charge is 2.59. The first-order chi connectivity index (χ1) is 18.5. The number of rotatable bonds is 7. The zero-order valence-corrected chi connectivity index (χ0v) is 24.9. The highest BCUT2D eigenvalue weighted by molar-refractivity contribution is 5.91. The Bertz CT molecular complexity index is 1020. The molecule has 1 amide bonds. The number of aliphatic hydroxyl groups excluding tert-OH is 1.